The Morgan fingerprint density at radius 2 is 1.80 bits per heavy atom. The minimum Gasteiger partial charge on any atom is -0.339 e. The Balaban J connectivity index is 2.07. The zero-order valence-electron chi connectivity index (χ0n) is 16.0. The standard InChI is InChI=1S/C19H19Cl3FN5OS/c1-11-5-3-4-6-15(11)28-27-13-7-8-14(12(2)9-13)24-18(30)26-17(19(20,21)22)25-16(29)10-23/h3-9,17H,10H2,1-2H3,(H,25,29)(H2,24,26,30). The number of nitrogens with zero attached hydrogens (tertiary/aromatic N) is 2. The van der Waals surface area contributed by atoms with E-state index in [1.165, 1.54) is 0 Å². The van der Waals surface area contributed by atoms with Gasteiger partial charge in [0.2, 0.25) is 3.79 Å². The van der Waals surface area contributed by atoms with Crippen molar-refractivity contribution in [3.05, 3.63) is 53.6 Å². The molecule has 30 heavy (non-hydrogen) atoms. The van der Waals surface area contributed by atoms with Crippen molar-refractivity contribution >= 4 is 75.1 Å². The second-order valence-corrected chi connectivity index (χ2v) is 9.04. The topological polar surface area (TPSA) is 77.9 Å². The minimum absolute atomic E-state index is 0.0721. The Morgan fingerprint density at radius 1 is 1.10 bits per heavy atom. The number of hydrogen-bond acceptors (Lipinski definition) is 4. The molecule has 0 aromatic heterocycles. The van der Waals surface area contributed by atoms with Crippen LogP contribution in [0.3, 0.4) is 0 Å². The van der Waals surface area contributed by atoms with Gasteiger partial charge in [-0.15, -0.1) is 0 Å². The van der Waals surface area contributed by atoms with Crippen LogP contribution in [-0.2, 0) is 4.79 Å². The first kappa shape index (κ1) is 24.3. The zero-order chi connectivity index (χ0) is 22.3. The highest BCUT2D eigenvalue weighted by Gasteiger charge is 2.34. The molecule has 0 radical (unpaired) electrons. The molecule has 0 bridgehead atoms. The van der Waals surface area contributed by atoms with Crippen LogP contribution in [0.4, 0.5) is 21.5 Å². The van der Waals surface area contributed by atoms with Crippen molar-refractivity contribution in [1.29, 1.82) is 0 Å². The number of azo groups is 1. The smallest absolute Gasteiger partial charge is 0.253 e. The number of anilines is 1. The Labute approximate surface area is 194 Å². The number of hydrogen-bond donors (Lipinski definition) is 3. The maximum absolute atomic E-state index is 12.5. The molecule has 0 fully saturated rings. The average molecular weight is 491 g/mol. The van der Waals surface area contributed by atoms with Crippen molar-refractivity contribution in [3.8, 4) is 0 Å². The first-order chi connectivity index (χ1) is 14.1. The highest BCUT2D eigenvalue weighted by Crippen LogP contribution is 2.29. The number of halogens is 4. The van der Waals surface area contributed by atoms with Crippen LogP contribution in [0.15, 0.2) is 52.7 Å². The van der Waals surface area contributed by atoms with Gasteiger partial charge in [-0.3, -0.25) is 4.79 Å². The van der Waals surface area contributed by atoms with Crippen molar-refractivity contribution in [3.63, 3.8) is 0 Å². The number of aryl methyl sites for hydroxylation is 2. The Hall–Kier alpha value is -2.00. The Morgan fingerprint density at radius 3 is 2.40 bits per heavy atom. The van der Waals surface area contributed by atoms with Gasteiger partial charge in [0.05, 0.1) is 11.4 Å². The lowest BCUT2D eigenvalue weighted by atomic mass is 10.2. The number of carbonyl (C=O) groups excluding carboxylic acids is 1. The molecule has 3 N–H and O–H groups in total. The van der Waals surface area contributed by atoms with E-state index in [9.17, 15) is 9.18 Å². The van der Waals surface area contributed by atoms with E-state index in [-0.39, 0.29) is 5.11 Å². The van der Waals surface area contributed by atoms with Gasteiger partial charge in [0, 0.05) is 5.69 Å². The largest absolute Gasteiger partial charge is 0.339 e. The molecule has 2 rings (SSSR count). The van der Waals surface area contributed by atoms with Crippen molar-refractivity contribution < 1.29 is 9.18 Å². The lowest BCUT2D eigenvalue weighted by Crippen LogP contribution is -2.56. The molecule has 0 saturated carbocycles. The fourth-order valence-corrected chi connectivity index (χ4v) is 2.88. The fraction of sp³-hybridized carbons (Fsp3) is 0.263. The van der Waals surface area contributed by atoms with Crippen molar-refractivity contribution in [2.45, 2.75) is 23.8 Å². The number of rotatable bonds is 6. The first-order valence-corrected chi connectivity index (χ1v) is 10.2. The molecular weight excluding hydrogens is 472 g/mol. The van der Waals surface area contributed by atoms with Gasteiger partial charge in [0.15, 0.2) is 11.8 Å². The lowest BCUT2D eigenvalue weighted by Gasteiger charge is -2.27. The summed E-state index contributed by atoms with van der Waals surface area (Å²) in [6.07, 6.45) is -1.23. The molecule has 2 aromatic rings. The van der Waals surface area contributed by atoms with E-state index in [1.54, 1.807) is 12.1 Å². The van der Waals surface area contributed by atoms with Crippen molar-refractivity contribution in [1.82, 2.24) is 10.6 Å². The zero-order valence-corrected chi connectivity index (χ0v) is 19.1. The van der Waals surface area contributed by atoms with E-state index in [4.69, 9.17) is 47.0 Å². The summed E-state index contributed by atoms with van der Waals surface area (Å²) in [6, 6.07) is 13.0. The Bertz CT molecular complexity index is 952. The molecule has 6 nitrogen and oxygen atoms in total. The van der Waals surface area contributed by atoms with Crippen LogP contribution in [0.25, 0.3) is 0 Å². The Kier molecular flexibility index (Phi) is 8.78. The van der Waals surface area contributed by atoms with Crippen LogP contribution in [-0.4, -0.2) is 27.7 Å². The van der Waals surface area contributed by atoms with Crippen LogP contribution in [0, 0.1) is 13.8 Å². The van der Waals surface area contributed by atoms with Gasteiger partial charge in [0.25, 0.3) is 5.91 Å². The minimum atomic E-state index is -1.95. The summed E-state index contributed by atoms with van der Waals surface area (Å²) < 4.78 is 10.5. The van der Waals surface area contributed by atoms with Gasteiger partial charge in [-0.25, -0.2) is 4.39 Å². The highest BCUT2D eigenvalue weighted by molar-refractivity contribution is 7.80. The van der Waals surface area contributed by atoms with Crippen molar-refractivity contribution in [2.24, 2.45) is 10.2 Å². The summed E-state index contributed by atoms with van der Waals surface area (Å²) in [6.45, 7) is 2.56. The second-order valence-electron chi connectivity index (χ2n) is 6.26. The third kappa shape index (κ3) is 7.36. The quantitative estimate of drug-likeness (QED) is 0.207. The van der Waals surface area contributed by atoms with Crippen molar-refractivity contribution in [2.75, 3.05) is 12.0 Å². The summed E-state index contributed by atoms with van der Waals surface area (Å²) in [4.78, 5) is 11.3. The summed E-state index contributed by atoms with van der Waals surface area (Å²) >= 11 is 22.7. The molecule has 0 aliphatic rings. The van der Waals surface area contributed by atoms with Gasteiger partial charge in [0.1, 0.15) is 6.17 Å². The maximum Gasteiger partial charge on any atom is 0.253 e. The summed E-state index contributed by atoms with van der Waals surface area (Å²) in [5, 5.41) is 16.4. The molecule has 0 spiro atoms. The third-order valence-corrected chi connectivity index (χ3v) is 4.75. The first-order valence-electron chi connectivity index (χ1n) is 8.67. The van der Waals surface area contributed by atoms with Gasteiger partial charge in [-0.1, -0.05) is 53.0 Å². The molecule has 11 heteroatoms. The lowest BCUT2D eigenvalue weighted by molar-refractivity contribution is -0.122. The number of nitrogens with one attached hydrogen (secondary N) is 3. The predicted molar refractivity (Wildman–Crippen MR) is 124 cm³/mol. The van der Waals surface area contributed by atoms with E-state index in [0.717, 1.165) is 16.8 Å². The molecule has 1 amide bonds. The van der Waals surface area contributed by atoms with Crippen LogP contribution in [0.5, 0.6) is 0 Å². The third-order valence-electron chi connectivity index (χ3n) is 3.88. The van der Waals surface area contributed by atoms with E-state index >= 15 is 0 Å². The van der Waals surface area contributed by atoms with Gasteiger partial charge < -0.3 is 16.0 Å². The summed E-state index contributed by atoms with van der Waals surface area (Å²) in [5.74, 6) is -0.943. The molecule has 2 aromatic carbocycles. The van der Waals surface area contributed by atoms with Crippen LogP contribution in [0.2, 0.25) is 0 Å². The van der Waals surface area contributed by atoms with E-state index in [1.807, 2.05) is 44.2 Å². The number of amides is 1. The van der Waals surface area contributed by atoms with E-state index < -0.39 is 22.5 Å². The highest BCUT2D eigenvalue weighted by atomic mass is 35.6. The normalized spacial score (nSPS) is 12.5. The monoisotopic (exact) mass is 489 g/mol. The van der Waals surface area contributed by atoms with Gasteiger partial charge in [-0.05, 0) is 61.5 Å². The average Bonchev–Trinajstić information content (AvgIpc) is 2.68. The van der Waals surface area contributed by atoms with E-state index in [0.29, 0.717) is 11.4 Å². The fourth-order valence-electron chi connectivity index (χ4n) is 2.33. The van der Waals surface area contributed by atoms with Gasteiger partial charge >= 0.3 is 0 Å². The van der Waals surface area contributed by atoms with Gasteiger partial charge in [-0.2, -0.15) is 10.2 Å². The predicted octanol–water partition coefficient (Wildman–Crippen LogP) is 5.79. The second kappa shape index (κ2) is 10.9. The number of carbonyl (C=O) groups is 1. The molecule has 1 unspecified atom stereocenters. The molecule has 1 atom stereocenters. The number of benzene rings is 2. The van der Waals surface area contributed by atoms with Crippen LogP contribution >= 0.6 is 47.0 Å². The van der Waals surface area contributed by atoms with Crippen LogP contribution < -0.4 is 16.0 Å². The molecular formula is C19H19Cl3FN5OS. The SMILES string of the molecule is Cc1ccccc1N=Nc1ccc(NC(=S)NC(NC(=O)CF)C(Cl)(Cl)Cl)c(C)c1. The maximum atomic E-state index is 12.5. The molecule has 0 heterocycles. The summed E-state index contributed by atoms with van der Waals surface area (Å²) in [5.41, 5.74) is 3.97. The summed E-state index contributed by atoms with van der Waals surface area (Å²) in [7, 11) is 0. The molecule has 0 saturated heterocycles. The molecule has 0 aliphatic carbocycles. The number of alkyl halides is 4. The molecule has 0 aliphatic heterocycles. The van der Waals surface area contributed by atoms with Crippen LogP contribution in [0.1, 0.15) is 11.1 Å². The van der Waals surface area contributed by atoms with E-state index in [2.05, 4.69) is 26.2 Å². The number of thiocarbonyl (C=S) groups is 1. The molecule has 160 valence electrons.